The summed E-state index contributed by atoms with van der Waals surface area (Å²) < 4.78 is 10.1. The average molecular weight is 273 g/mol. The van der Waals surface area contributed by atoms with Gasteiger partial charge in [-0.3, -0.25) is 4.79 Å². The number of nitrogen functional groups attached to an aromatic ring is 1. The van der Waals surface area contributed by atoms with Gasteiger partial charge in [-0.1, -0.05) is 0 Å². The number of nitrogens with zero attached hydrogens (tertiary/aromatic N) is 2. The number of carbonyl (C=O) groups is 1. The number of aromatic nitrogens is 1. The molecule has 2 N–H and O–H groups in total. The van der Waals surface area contributed by atoms with E-state index in [4.69, 9.17) is 15.2 Å². The summed E-state index contributed by atoms with van der Waals surface area (Å²) in [5, 5.41) is 2.06. The van der Waals surface area contributed by atoms with E-state index in [1.807, 2.05) is 6.92 Å². The Morgan fingerprint density at radius 1 is 1.56 bits per heavy atom. The molecule has 0 radical (unpaired) electrons. The molecule has 0 saturated carbocycles. The van der Waals surface area contributed by atoms with Crippen molar-refractivity contribution in [3.8, 4) is 0 Å². The molecule has 0 aliphatic heterocycles. The Balaban J connectivity index is 2.77. The normalized spacial score (nSPS) is 12.4. The molecule has 1 unspecified atom stereocenters. The number of rotatable bonds is 7. The summed E-state index contributed by atoms with van der Waals surface area (Å²) in [5.74, 6) is -0.149. The standard InChI is InChI=1S/C11H19N3O3S/c1-8(6-17-3)14(4-5-16-2)10(15)9-7-18-11(12)13-9/h7-8H,4-6H2,1-3H3,(H2,12,13). The minimum Gasteiger partial charge on any atom is -0.383 e. The average Bonchev–Trinajstić information content (AvgIpc) is 2.76. The van der Waals surface area contributed by atoms with Crippen molar-refractivity contribution in [2.75, 3.05) is 39.7 Å². The number of methoxy groups -OCH3 is 2. The van der Waals surface area contributed by atoms with Crippen LogP contribution < -0.4 is 5.73 Å². The third-order valence-corrected chi connectivity index (χ3v) is 3.15. The lowest BCUT2D eigenvalue weighted by Gasteiger charge is -2.27. The molecule has 18 heavy (non-hydrogen) atoms. The second-order valence-electron chi connectivity index (χ2n) is 3.87. The van der Waals surface area contributed by atoms with Crippen molar-refractivity contribution < 1.29 is 14.3 Å². The zero-order valence-electron chi connectivity index (χ0n) is 10.9. The van der Waals surface area contributed by atoms with E-state index in [2.05, 4.69) is 4.98 Å². The lowest BCUT2D eigenvalue weighted by molar-refractivity contribution is 0.0475. The molecule has 0 fully saturated rings. The van der Waals surface area contributed by atoms with E-state index < -0.39 is 0 Å². The van der Waals surface area contributed by atoms with Crippen LogP contribution in [0.5, 0.6) is 0 Å². The lowest BCUT2D eigenvalue weighted by Crippen LogP contribution is -2.43. The van der Waals surface area contributed by atoms with Gasteiger partial charge in [-0.05, 0) is 6.92 Å². The Bertz CT molecular complexity index is 383. The van der Waals surface area contributed by atoms with Crippen LogP contribution >= 0.6 is 11.3 Å². The molecule has 102 valence electrons. The lowest BCUT2D eigenvalue weighted by atomic mass is 10.2. The zero-order valence-corrected chi connectivity index (χ0v) is 11.7. The van der Waals surface area contributed by atoms with Gasteiger partial charge in [-0.25, -0.2) is 4.98 Å². The molecule has 0 saturated heterocycles. The van der Waals surface area contributed by atoms with Gasteiger partial charge in [0.25, 0.3) is 5.91 Å². The van der Waals surface area contributed by atoms with Crippen molar-refractivity contribution in [2.24, 2.45) is 0 Å². The maximum atomic E-state index is 12.3. The highest BCUT2D eigenvalue weighted by atomic mass is 32.1. The molecule has 1 amide bonds. The quantitative estimate of drug-likeness (QED) is 0.797. The maximum absolute atomic E-state index is 12.3. The van der Waals surface area contributed by atoms with Gasteiger partial charge in [-0.2, -0.15) is 0 Å². The Morgan fingerprint density at radius 2 is 2.28 bits per heavy atom. The summed E-state index contributed by atoms with van der Waals surface area (Å²) in [7, 11) is 3.21. The van der Waals surface area contributed by atoms with Gasteiger partial charge in [0.15, 0.2) is 5.13 Å². The summed E-state index contributed by atoms with van der Waals surface area (Å²) >= 11 is 1.26. The number of carbonyl (C=O) groups excluding carboxylic acids is 1. The van der Waals surface area contributed by atoms with Crippen LogP contribution in [0.4, 0.5) is 5.13 Å². The van der Waals surface area contributed by atoms with Crippen molar-refractivity contribution >= 4 is 22.4 Å². The number of hydrogen-bond donors (Lipinski definition) is 1. The predicted octanol–water partition coefficient (Wildman–Crippen LogP) is 0.849. The third kappa shape index (κ3) is 3.94. The fourth-order valence-electron chi connectivity index (χ4n) is 1.58. The van der Waals surface area contributed by atoms with Crippen molar-refractivity contribution in [1.29, 1.82) is 0 Å². The number of amides is 1. The van der Waals surface area contributed by atoms with Gasteiger partial charge < -0.3 is 20.1 Å². The first kappa shape index (κ1) is 14.9. The third-order valence-electron chi connectivity index (χ3n) is 2.48. The largest absolute Gasteiger partial charge is 0.383 e. The van der Waals surface area contributed by atoms with Crippen LogP contribution in [-0.2, 0) is 9.47 Å². The minimum atomic E-state index is -0.149. The van der Waals surface area contributed by atoms with Crippen LogP contribution in [0.2, 0.25) is 0 Å². The van der Waals surface area contributed by atoms with E-state index in [1.54, 1.807) is 24.5 Å². The summed E-state index contributed by atoms with van der Waals surface area (Å²) in [6.07, 6.45) is 0. The number of thiazole rings is 1. The van der Waals surface area contributed by atoms with E-state index in [9.17, 15) is 4.79 Å². The molecule has 1 atom stereocenters. The highest BCUT2D eigenvalue weighted by Gasteiger charge is 2.23. The Hall–Kier alpha value is -1.18. The molecule has 0 aromatic carbocycles. The Kier molecular flexibility index (Phi) is 6.03. The highest BCUT2D eigenvalue weighted by Crippen LogP contribution is 2.14. The topological polar surface area (TPSA) is 77.7 Å². The fourth-order valence-corrected chi connectivity index (χ4v) is 2.11. The van der Waals surface area contributed by atoms with Crippen molar-refractivity contribution in [2.45, 2.75) is 13.0 Å². The zero-order chi connectivity index (χ0) is 13.5. The van der Waals surface area contributed by atoms with Gasteiger partial charge in [0.2, 0.25) is 0 Å². The number of nitrogens with two attached hydrogens (primary N) is 1. The van der Waals surface area contributed by atoms with Crippen LogP contribution in [0.25, 0.3) is 0 Å². The van der Waals surface area contributed by atoms with Crippen LogP contribution in [0.15, 0.2) is 5.38 Å². The first-order chi connectivity index (χ1) is 8.60. The second kappa shape index (κ2) is 7.30. The SMILES string of the molecule is COCCN(C(=O)c1csc(N)n1)C(C)COC. The van der Waals surface area contributed by atoms with Crippen molar-refractivity contribution in [3.05, 3.63) is 11.1 Å². The van der Waals surface area contributed by atoms with Gasteiger partial charge >= 0.3 is 0 Å². The van der Waals surface area contributed by atoms with Crippen LogP contribution in [0, 0.1) is 0 Å². The number of anilines is 1. The van der Waals surface area contributed by atoms with Crippen LogP contribution in [0.3, 0.4) is 0 Å². The Morgan fingerprint density at radius 3 is 2.78 bits per heavy atom. The smallest absolute Gasteiger partial charge is 0.273 e. The molecule has 7 heteroatoms. The van der Waals surface area contributed by atoms with Crippen LogP contribution in [-0.4, -0.2) is 55.8 Å². The molecule has 1 rings (SSSR count). The molecule has 1 aromatic rings. The van der Waals surface area contributed by atoms with E-state index in [-0.39, 0.29) is 11.9 Å². The van der Waals surface area contributed by atoms with E-state index >= 15 is 0 Å². The molecule has 1 aromatic heterocycles. The molecular formula is C11H19N3O3S. The molecular weight excluding hydrogens is 254 g/mol. The van der Waals surface area contributed by atoms with Crippen molar-refractivity contribution in [3.63, 3.8) is 0 Å². The van der Waals surface area contributed by atoms with Gasteiger partial charge in [0.05, 0.1) is 19.3 Å². The molecule has 0 aliphatic rings. The first-order valence-electron chi connectivity index (χ1n) is 5.60. The monoisotopic (exact) mass is 273 g/mol. The van der Waals surface area contributed by atoms with E-state index in [1.165, 1.54) is 11.3 Å². The summed E-state index contributed by atoms with van der Waals surface area (Å²) in [6, 6.07) is -0.0411. The minimum absolute atomic E-state index is 0.0411. The predicted molar refractivity (Wildman–Crippen MR) is 70.8 cm³/mol. The fraction of sp³-hybridized carbons (Fsp3) is 0.636. The summed E-state index contributed by atoms with van der Waals surface area (Å²) in [5.41, 5.74) is 5.91. The van der Waals surface area contributed by atoms with Gasteiger partial charge in [0, 0.05) is 26.1 Å². The highest BCUT2D eigenvalue weighted by molar-refractivity contribution is 7.13. The molecule has 0 bridgehead atoms. The molecule has 0 spiro atoms. The van der Waals surface area contributed by atoms with Crippen molar-refractivity contribution in [1.82, 2.24) is 9.88 Å². The van der Waals surface area contributed by atoms with E-state index in [0.29, 0.717) is 30.6 Å². The summed E-state index contributed by atoms with van der Waals surface area (Å²) in [6.45, 7) is 3.36. The van der Waals surface area contributed by atoms with Crippen LogP contribution in [0.1, 0.15) is 17.4 Å². The number of hydrogen-bond acceptors (Lipinski definition) is 6. The second-order valence-corrected chi connectivity index (χ2v) is 4.76. The number of ether oxygens (including phenoxy) is 2. The molecule has 1 heterocycles. The molecule has 6 nitrogen and oxygen atoms in total. The van der Waals surface area contributed by atoms with Gasteiger partial charge in [-0.15, -0.1) is 11.3 Å². The van der Waals surface area contributed by atoms with Gasteiger partial charge in [0.1, 0.15) is 5.69 Å². The maximum Gasteiger partial charge on any atom is 0.273 e. The molecule has 0 aliphatic carbocycles. The first-order valence-corrected chi connectivity index (χ1v) is 6.48. The Labute approximate surface area is 111 Å². The summed E-state index contributed by atoms with van der Waals surface area (Å²) in [4.78, 5) is 18.0. The van der Waals surface area contributed by atoms with E-state index in [0.717, 1.165) is 0 Å².